The molecule has 0 aromatic carbocycles. The van der Waals surface area contributed by atoms with Crippen LogP contribution in [0.25, 0.3) is 0 Å². The summed E-state index contributed by atoms with van der Waals surface area (Å²) in [6, 6.07) is -1.86. The van der Waals surface area contributed by atoms with Crippen molar-refractivity contribution in [2.24, 2.45) is 0 Å². The molecule has 284 valence electrons. The number of carboxylic acid groups (broad SMARTS) is 2. The van der Waals surface area contributed by atoms with Crippen LogP contribution in [0.5, 0.6) is 0 Å². The van der Waals surface area contributed by atoms with Crippen molar-refractivity contribution in [2.75, 3.05) is 23.0 Å². The molecule has 0 saturated carbocycles. The van der Waals surface area contributed by atoms with Crippen LogP contribution >= 0.6 is 23.5 Å². The summed E-state index contributed by atoms with van der Waals surface area (Å²) in [7, 11) is 0. The second-order valence-electron chi connectivity index (χ2n) is 13.1. The standard InChI is InChI=1S/2C20H33NO3S.Mg/c2*1-15(2)8-6-9-16(3)10-7-11-17(4)12-13-25-14-19(20(23)24)21-18(5)22;/h2*8,10,12,19H,6-7,9,11,13-14H2,1-5H3,(H,21,22)(H,23,24);/q;;+2/p-2/b2*16-10+,17-12+;/t2*19-;/m11./s1. The van der Waals surface area contributed by atoms with Crippen LogP contribution < -0.4 is 20.8 Å². The van der Waals surface area contributed by atoms with Crippen molar-refractivity contribution in [2.45, 2.75) is 133 Å². The molecule has 0 fully saturated rings. The second-order valence-corrected chi connectivity index (χ2v) is 15.3. The van der Waals surface area contributed by atoms with Gasteiger partial charge in [0.15, 0.2) is 0 Å². The first-order valence-electron chi connectivity index (χ1n) is 17.4. The summed E-state index contributed by atoms with van der Waals surface area (Å²) in [5.74, 6) is -1.09. The molecule has 11 heteroatoms. The third-order valence-electron chi connectivity index (χ3n) is 7.24. The van der Waals surface area contributed by atoms with Crippen LogP contribution in [0, 0.1) is 0 Å². The van der Waals surface area contributed by atoms with Gasteiger partial charge in [-0.1, -0.05) is 69.9 Å². The average molecular weight is 757 g/mol. The topological polar surface area (TPSA) is 138 Å². The molecular weight excluding hydrogens is 693 g/mol. The molecule has 51 heavy (non-hydrogen) atoms. The third kappa shape index (κ3) is 37.4. The van der Waals surface area contributed by atoms with E-state index < -0.39 is 24.0 Å². The molecule has 0 aliphatic carbocycles. The molecule has 8 nitrogen and oxygen atoms in total. The quantitative estimate of drug-likeness (QED) is 0.0656. The van der Waals surface area contributed by atoms with Gasteiger partial charge in [0.25, 0.3) is 0 Å². The molecular formula is C40H64MgN2O6S2. The van der Waals surface area contributed by atoms with Crippen molar-refractivity contribution in [3.8, 4) is 0 Å². The van der Waals surface area contributed by atoms with Gasteiger partial charge in [0.2, 0.25) is 11.8 Å². The Morgan fingerprint density at radius 2 is 0.765 bits per heavy atom. The van der Waals surface area contributed by atoms with Crippen molar-refractivity contribution in [3.63, 3.8) is 0 Å². The zero-order chi connectivity index (χ0) is 38.5. The normalized spacial score (nSPS) is 13.1. The van der Waals surface area contributed by atoms with Gasteiger partial charge in [0.05, 0.1) is 24.0 Å². The van der Waals surface area contributed by atoms with Crippen LogP contribution in [0.3, 0.4) is 0 Å². The fourth-order valence-corrected chi connectivity index (χ4v) is 6.27. The van der Waals surface area contributed by atoms with Gasteiger partial charge in [0.1, 0.15) is 0 Å². The maximum atomic E-state index is 10.9. The Morgan fingerprint density at radius 3 is 1.02 bits per heavy atom. The number of aliphatic carboxylic acids is 2. The van der Waals surface area contributed by atoms with E-state index in [2.05, 4.69) is 102 Å². The first-order chi connectivity index (χ1) is 23.4. The third-order valence-corrected chi connectivity index (χ3v) is 9.18. The predicted octanol–water partition coefficient (Wildman–Crippen LogP) is 6.41. The Balaban J connectivity index is -0.000000886. The summed E-state index contributed by atoms with van der Waals surface area (Å²) >= 11 is 2.96. The van der Waals surface area contributed by atoms with Gasteiger partial charge in [-0.15, -0.1) is 0 Å². The minimum absolute atomic E-state index is 0. The van der Waals surface area contributed by atoms with Crippen LogP contribution in [0.4, 0.5) is 0 Å². The number of nitrogens with one attached hydrogen (secondary N) is 2. The molecule has 0 aromatic heterocycles. The van der Waals surface area contributed by atoms with E-state index in [0.717, 1.165) is 62.9 Å². The van der Waals surface area contributed by atoms with E-state index >= 15 is 0 Å². The minimum Gasteiger partial charge on any atom is -0.548 e. The molecule has 2 amide bonds. The smallest absolute Gasteiger partial charge is 0.548 e. The number of hydrogen-bond donors (Lipinski definition) is 2. The van der Waals surface area contributed by atoms with Crippen LogP contribution in [-0.4, -0.2) is 81.9 Å². The molecule has 2 N–H and O–H groups in total. The largest absolute Gasteiger partial charge is 2.00 e. The Morgan fingerprint density at radius 1 is 0.490 bits per heavy atom. The summed E-state index contributed by atoms with van der Waals surface area (Å²) in [5.41, 5.74) is 8.17. The molecule has 0 radical (unpaired) electrons. The number of carboxylic acids is 2. The zero-order valence-electron chi connectivity index (χ0n) is 33.1. The summed E-state index contributed by atoms with van der Waals surface area (Å²) in [6.45, 7) is 19.6. The molecule has 2 atom stereocenters. The Hall–Kier alpha value is -2.21. The molecule has 0 saturated heterocycles. The van der Waals surface area contributed by atoms with Crippen molar-refractivity contribution < 1.29 is 29.4 Å². The van der Waals surface area contributed by atoms with E-state index in [1.807, 2.05) is 0 Å². The van der Waals surface area contributed by atoms with Crippen LogP contribution in [0.1, 0.15) is 121 Å². The molecule has 0 aliphatic rings. The van der Waals surface area contributed by atoms with Crippen molar-refractivity contribution in [1.29, 1.82) is 0 Å². The number of allylic oxidation sites excluding steroid dienone is 10. The van der Waals surface area contributed by atoms with Crippen LogP contribution in [-0.2, 0) is 19.2 Å². The van der Waals surface area contributed by atoms with Gasteiger partial charge in [0, 0.05) is 36.9 Å². The maximum absolute atomic E-state index is 10.9. The summed E-state index contributed by atoms with van der Waals surface area (Å²) in [6.07, 6.45) is 21.9. The number of thioether (sulfide) groups is 2. The number of carbonyl (C=O) groups excluding carboxylic acids is 4. The van der Waals surface area contributed by atoms with E-state index in [1.54, 1.807) is 0 Å². The fourth-order valence-electron chi connectivity index (χ4n) is 4.28. The molecule has 0 aliphatic heterocycles. The number of hydrogen-bond acceptors (Lipinski definition) is 8. The molecule has 0 spiro atoms. The summed E-state index contributed by atoms with van der Waals surface area (Å²) in [4.78, 5) is 43.7. The van der Waals surface area contributed by atoms with Gasteiger partial charge in [-0.25, -0.2) is 0 Å². The number of rotatable bonds is 24. The van der Waals surface area contributed by atoms with Crippen LogP contribution in [0.15, 0.2) is 69.9 Å². The molecule has 0 unspecified atom stereocenters. The average Bonchev–Trinajstić information content (AvgIpc) is 2.99. The van der Waals surface area contributed by atoms with Crippen molar-refractivity contribution >= 4 is 70.3 Å². The number of carbonyl (C=O) groups is 4. The Kier molecular flexibility index (Phi) is 35.0. The molecule has 0 aromatic rings. The van der Waals surface area contributed by atoms with E-state index in [0.29, 0.717) is 11.5 Å². The van der Waals surface area contributed by atoms with Gasteiger partial charge in [-0.3, -0.25) is 9.59 Å². The van der Waals surface area contributed by atoms with Gasteiger partial charge >= 0.3 is 23.1 Å². The van der Waals surface area contributed by atoms with Crippen molar-refractivity contribution in [1.82, 2.24) is 10.6 Å². The van der Waals surface area contributed by atoms with E-state index in [4.69, 9.17) is 0 Å². The first-order valence-corrected chi connectivity index (χ1v) is 19.8. The van der Waals surface area contributed by atoms with E-state index in [-0.39, 0.29) is 34.9 Å². The zero-order valence-corrected chi connectivity index (χ0v) is 36.1. The van der Waals surface area contributed by atoms with Crippen LogP contribution in [0.2, 0.25) is 0 Å². The molecule has 0 rings (SSSR count). The SMILES string of the molecule is CC(=O)N[C@H](CSC/C=C(\C)CC/C=C(\C)CCC=C(C)C)C(=O)[O-].CC(=O)N[C@H](CSC/C=C(\C)CC/C=C(\C)CCC=C(C)C)C(=O)[O-].[Mg+2]. The van der Waals surface area contributed by atoms with E-state index in [1.165, 1.54) is 70.8 Å². The van der Waals surface area contributed by atoms with Crippen molar-refractivity contribution in [3.05, 3.63) is 69.9 Å². The minimum atomic E-state index is -1.24. The second kappa shape index (κ2) is 33.6. The summed E-state index contributed by atoms with van der Waals surface area (Å²) < 4.78 is 0. The predicted molar refractivity (Wildman–Crippen MR) is 216 cm³/mol. The number of amides is 2. The molecule has 0 heterocycles. The summed E-state index contributed by atoms with van der Waals surface area (Å²) in [5, 5.41) is 26.6. The van der Waals surface area contributed by atoms with Gasteiger partial charge in [-0.05, 0) is 107 Å². The Bertz CT molecular complexity index is 1140. The van der Waals surface area contributed by atoms with E-state index in [9.17, 15) is 29.4 Å². The molecule has 0 bridgehead atoms. The first kappa shape index (κ1) is 53.1. The fraction of sp³-hybridized carbons (Fsp3) is 0.600. The monoisotopic (exact) mass is 756 g/mol. The Labute approximate surface area is 334 Å². The van der Waals surface area contributed by atoms with Gasteiger partial charge < -0.3 is 30.4 Å². The van der Waals surface area contributed by atoms with Gasteiger partial charge in [-0.2, -0.15) is 23.5 Å². The maximum Gasteiger partial charge on any atom is 2.00 e.